The molecule has 44 valence electrons. The van der Waals surface area contributed by atoms with Gasteiger partial charge < -0.3 is 0 Å². The Hall–Kier alpha value is -0.520. The molecule has 1 aliphatic carbocycles. The molecule has 1 unspecified atom stereocenters. The predicted molar refractivity (Wildman–Crippen MR) is 36.7 cm³/mol. The van der Waals surface area contributed by atoms with Crippen LogP contribution in [0.2, 0.25) is 0 Å². The van der Waals surface area contributed by atoms with E-state index in [0.717, 1.165) is 0 Å². The fourth-order valence-electron chi connectivity index (χ4n) is 1.15. The van der Waals surface area contributed by atoms with Gasteiger partial charge in [-0.1, -0.05) is 19.1 Å². The summed E-state index contributed by atoms with van der Waals surface area (Å²) in [4.78, 5) is 0. The van der Waals surface area contributed by atoms with Crippen molar-refractivity contribution < 1.29 is 0 Å². The maximum atomic E-state index is 3.89. The van der Waals surface area contributed by atoms with Crippen molar-refractivity contribution in [2.24, 2.45) is 5.92 Å². The fraction of sp³-hybridized carbons (Fsp3) is 0.500. The molecule has 0 spiro atoms. The molecule has 0 aromatic heterocycles. The lowest BCUT2D eigenvalue weighted by atomic mass is 10.3. The second kappa shape index (κ2) is 1.48. The van der Waals surface area contributed by atoms with Crippen molar-refractivity contribution in [3.05, 3.63) is 23.3 Å². The van der Waals surface area contributed by atoms with Crippen LogP contribution in [0.1, 0.15) is 20.8 Å². The molecule has 0 heterocycles. The molecule has 0 N–H and O–H groups in total. The van der Waals surface area contributed by atoms with Crippen molar-refractivity contribution in [1.82, 2.24) is 0 Å². The first-order chi connectivity index (χ1) is 3.64. The van der Waals surface area contributed by atoms with Crippen molar-refractivity contribution in [3.63, 3.8) is 0 Å². The van der Waals surface area contributed by atoms with Crippen LogP contribution < -0.4 is 0 Å². The smallest absolute Gasteiger partial charge is 0.00601 e. The summed E-state index contributed by atoms with van der Waals surface area (Å²) in [6, 6.07) is 0. The molecule has 0 saturated heterocycles. The third kappa shape index (κ3) is 0.605. The molecule has 1 atom stereocenters. The Kier molecular flexibility index (Phi) is 1.04. The summed E-state index contributed by atoms with van der Waals surface area (Å²) in [5.74, 6) is 0.694. The average molecular weight is 108 g/mol. The molecule has 0 nitrogen and oxygen atoms in total. The molecule has 1 rings (SSSR count). The van der Waals surface area contributed by atoms with Gasteiger partial charge in [-0.2, -0.15) is 0 Å². The SMILES string of the molecule is C=C1C(=C(C)C)C1C. The molecule has 0 radical (unpaired) electrons. The number of rotatable bonds is 0. The van der Waals surface area contributed by atoms with Crippen LogP contribution in [0, 0.1) is 5.92 Å². The second-order valence-corrected chi connectivity index (χ2v) is 2.66. The van der Waals surface area contributed by atoms with Crippen molar-refractivity contribution in [2.75, 3.05) is 0 Å². The van der Waals surface area contributed by atoms with Gasteiger partial charge >= 0.3 is 0 Å². The Labute approximate surface area is 50.9 Å². The molecule has 0 bridgehead atoms. The van der Waals surface area contributed by atoms with Crippen LogP contribution in [0.3, 0.4) is 0 Å². The normalized spacial score (nSPS) is 26.1. The molecule has 0 aromatic carbocycles. The lowest BCUT2D eigenvalue weighted by Crippen LogP contribution is -1.61. The third-order valence-electron chi connectivity index (χ3n) is 1.76. The van der Waals surface area contributed by atoms with E-state index in [4.69, 9.17) is 0 Å². The largest absolute Gasteiger partial charge is 0.0949 e. The van der Waals surface area contributed by atoms with Gasteiger partial charge in [-0.3, -0.25) is 0 Å². The van der Waals surface area contributed by atoms with E-state index in [1.165, 1.54) is 16.7 Å². The Balaban J connectivity index is 2.84. The van der Waals surface area contributed by atoms with Gasteiger partial charge in [-0.25, -0.2) is 0 Å². The van der Waals surface area contributed by atoms with Gasteiger partial charge in [0.25, 0.3) is 0 Å². The van der Waals surface area contributed by atoms with Crippen LogP contribution in [-0.2, 0) is 0 Å². The van der Waals surface area contributed by atoms with Crippen molar-refractivity contribution in [3.8, 4) is 0 Å². The van der Waals surface area contributed by atoms with E-state index < -0.39 is 0 Å². The Bertz CT molecular complexity index is 157. The van der Waals surface area contributed by atoms with E-state index in [9.17, 15) is 0 Å². The van der Waals surface area contributed by atoms with Crippen LogP contribution in [0.25, 0.3) is 0 Å². The number of allylic oxidation sites excluding steroid dienone is 3. The molecule has 8 heavy (non-hydrogen) atoms. The van der Waals surface area contributed by atoms with E-state index in [-0.39, 0.29) is 0 Å². The van der Waals surface area contributed by atoms with Crippen LogP contribution in [0.15, 0.2) is 23.3 Å². The second-order valence-electron chi connectivity index (χ2n) is 2.66. The minimum absolute atomic E-state index is 0.694. The van der Waals surface area contributed by atoms with E-state index >= 15 is 0 Å². The summed E-state index contributed by atoms with van der Waals surface area (Å²) in [6.45, 7) is 10.4. The summed E-state index contributed by atoms with van der Waals surface area (Å²) in [7, 11) is 0. The van der Waals surface area contributed by atoms with Gasteiger partial charge in [0.2, 0.25) is 0 Å². The zero-order chi connectivity index (χ0) is 6.31. The predicted octanol–water partition coefficient (Wildman–Crippen LogP) is 2.53. The van der Waals surface area contributed by atoms with Gasteiger partial charge in [-0.15, -0.1) is 0 Å². The van der Waals surface area contributed by atoms with Crippen LogP contribution >= 0.6 is 0 Å². The monoisotopic (exact) mass is 108 g/mol. The quantitative estimate of drug-likeness (QED) is 0.447. The first kappa shape index (κ1) is 5.61. The summed E-state index contributed by atoms with van der Waals surface area (Å²) in [6.07, 6.45) is 0. The molecule has 0 aliphatic heterocycles. The van der Waals surface area contributed by atoms with Crippen molar-refractivity contribution in [1.29, 1.82) is 0 Å². The molecular weight excluding hydrogens is 96.1 g/mol. The number of hydrogen-bond acceptors (Lipinski definition) is 0. The standard InChI is InChI=1S/C8H12/c1-5(2)8-6(3)7(8)4/h7H,3H2,1-2,4H3. The van der Waals surface area contributed by atoms with Gasteiger partial charge in [0.1, 0.15) is 0 Å². The highest BCUT2D eigenvalue weighted by Gasteiger charge is 2.30. The van der Waals surface area contributed by atoms with Gasteiger partial charge in [0.15, 0.2) is 0 Å². The van der Waals surface area contributed by atoms with Gasteiger partial charge in [0, 0.05) is 5.92 Å². The van der Waals surface area contributed by atoms with Crippen molar-refractivity contribution >= 4 is 0 Å². The lowest BCUT2D eigenvalue weighted by Gasteiger charge is -1.79. The van der Waals surface area contributed by atoms with Gasteiger partial charge in [-0.05, 0) is 25.0 Å². The highest BCUT2D eigenvalue weighted by molar-refractivity contribution is 5.54. The molecule has 1 fully saturated rings. The average Bonchev–Trinajstić information content (AvgIpc) is 2.15. The minimum atomic E-state index is 0.694. The molecule has 0 heteroatoms. The van der Waals surface area contributed by atoms with E-state index in [1.807, 2.05) is 0 Å². The maximum absolute atomic E-state index is 3.89. The number of hydrogen-bond donors (Lipinski definition) is 0. The highest BCUT2D eigenvalue weighted by Crippen LogP contribution is 2.44. The van der Waals surface area contributed by atoms with Crippen LogP contribution in [-0.4, -0.2) is 0 Å². The molecular formula is C8H12. The molecule has 1 aliphatic rings. The van der Waals surface area contributed by atoms with Crippen molar-refractivity contribution in [2.45, 2.75) is 20.8 Å². The Morgan fingerprint density at radius 3 is 1.88 bits per heavy atom. The Morgan fingerprint density at radius 1 is 1.50 bits per heavy atom. The minimum Gasteiger partial charge on any atom is -0.0949 e. The first-order valence-corrected chi connectivity index (χ1v) is 3.01. The lowest BCUT2D eigenvalue weighted by molar-refractivity contribution is 1.08. The topological polar surface area (TPSA) is 0 Å². The van der Waals surface area contributed by atoms with Crippen LogP contribution in [0.5, 0.6) is 0 Å². The van der Waals surface area contributed by atoms with Crippen LogP contribution in [0.4, 0.5) is 0 Å². The summed E-state index contributed by atoms with van der Waals surface area (Å²) >= 11 is 0. The fourth-order valence-corrected chi connectivity index (χ4v) is 1.15. The summed E-state index contributed by atoms with van der Waals surface area (Å²) in [5.41, 5.74) is 4.26. The molecule has 0 amide bonds. The van der Waals surface area contributed by atoms with E-state index in [2.05, 4.69) is 27.4 Å². The molecule has 0 aromatic rings. The highest BCUT2D eigenvalue weighted by atomic mass is 14.3. The maximum Gasteiger partial charge on any atom is 0.00601 e. The third-order valence-corrected chi connectivity index (χ3v) is 1.76. The molecule has 1 saturated carbocycles. The summed E-state index contributed by atoms with van der Waals surface area (Å²) in [5, 5.41) is 0. The van der Waals surface area contributed by atoms with Gasteiger partial charge in [0.05, 0.1) is 0 Å². The zero-order valence-corrected chi connectivity index (χ0v) is 5.78. The zero-order valence-electron chi connectivity index (χ0n) is 5.78. The van der Waals surface area contributed by atoms with E-state index in [1.54, 1.807) is 0 Å². The summed E-state index contributed by atoms with van der Waals surface area (Å²) < 4.78 is 0. The Morgan fingerprint density at radius 2 is 1.88 bits per heavy atom. The van der Waals surface area contributed by atoms with E-state index in [0.29, 0.717) is 5.92 Å². The first-order valence-electron chi connectivity index (χ1n) is 3.01.